The van der Waals surface area contributed by atoms with Crippen LogP contribution in [0, 0.1) is 18.2 Å². The number of nitrogens with zero attached hydrogens (tertiary/aromatic N) is 3. The maximum absolute atomic E-state index is 13.8. The van der Waals surface area contributed by atoms with Crippen LogP contribution in [-0.2, 0) is 6.54 Å². The summed E-state index contributed by atoms with van der Waals surface area (Å²) in [6, 6.07) is 11.8. The molecular weight excluding hydrogens is 321 g/mol. The lowest BCUT2D eigenvalue weighted by atomic mass is 10.2. The van der Waals surface area contributed by atoms with Gasteiger partial charge in [-0.3, -0.25) is 10.4 Å². The van der Waals surface area contributed by atoms with Crippen LogP contribution >= 0.6 is 0 Å². The predicted molar refractivity (Wildman–Crippen MR) is 91.3 cm³/mol. The molecule has 3 aromatic rings. The second-order valence-corrected chi connectivity index (χ2v) is 5.26. The van der Waals surface area contributed by atoms with E-state index in [2.05, 4.69) is 20.5 Å². The van der Waals surface area contributed by atoms with Crippen molar-refractivity contribution in [3.05, 3.63) is 83.6 Å². The van der Waals surface area contributed by atoms with Gasteiger partial charge in [-0.15, -0.1) is 10.2 Å². The van der Waals surface area contributed by atoms with Crippen molar-refractivity contribution in [3.63, 3.8) is 0 Å². The van der Waals surface area contributed by atoms with Crippen LogP contribution < -0.4 is 5.32 Å². The number of aryl methyl sites for hydroxylation is 1. The van der Waals surface area contributed by atoms with Gasteiger partial charge in [-0.25, -0.2) is 4.39 Å². The first-order valence-corrected chi connectivity index (χ1v) is 7.63. The number of hydrogen-bond donors (Lipinski definition) is 2. The van der Waals surface area contributed by atoms with E-state index in [1.807, 2.05) is 0 Å². The van der Waals surface area contributed by atoms with Crippen molar-refractivity contribution in [2.45, 2.75) is 13.5 Å². The van der Waals surface area contributed by atoms with Crippen LogP contribution in [0.15, 0.2) is 59.2 Å². The summed E-state index contributed by atoms with van der Waals surface area (Å²) in [5.74, 6) is 0.323. The van der Waals surface area contributed by atoms with Crippen LogP contribution in [0.25, 0.3) is 5.70 Å². The Hall–Kier alpha value is -3.35. The molecule has 0 bridgehead atoms. The highest BCUT2D eigenvalue weighted by Crippen LogP contribution is 2.14. The minimum Gasteiger partial charge on any atom is -0.420 e. The molecule has 0 spiro atoms. The van der Waals surface area contributed by atoms with Crippen LogP contribution in [-0.4, -0.2) is 20.9 Å². The molecule has 0 aliphatic heterocycles. The zero-order chi connectivity index (χ0) is 17.6. The van der Waals surface area contributed by atoms with Crippen LogP contribution in [0.2, 0.25) is 0 Å². The molecule has 0 aliphatic carbocycles. The molecule has 1 aromatic carbocycles. The van der Waals surface area contributed by atoms with Gasteiger partial charge in [0.1, 0.15) is 11.5 Å². The fraction of sp³-hybridized carbons (Fsp3) is 0.111. The summed E-state index contributed by atoms with van der Waals surface area (Å²) in [5.41, 5.74) is 1.60. The molecule has 0 amide bonds. The predicted octanol–water partition coefficient (Wildman–Crippen LogP) is 3.11. The topological polar surface area (TPSA) is 87.7 Å². The average molecular weight is 337 g/mol. The Balaban J connectivity index is 1.86. The van der Waals surface area contributed by atoms with Gasteiger partial charge in [-0.1, -0.05) is 24.3 Å². The molecule has 2 aromatic heterocycles. The highest BCUT2D eigenvalue weighted by Gasteiger charge is 2.12. The molecule has 0 saturated carbocycles. The number of halogens is 1. The highest BCUT2D eigenvalue weighted by molar-refractivity contribution is 6.08. The third kappa shape index (κ3) is 4.14. The minimum absolute atomic E-state index is 0.174. The van der Waals surface area contributed by atoms with Crippen LogP contribution in [0.1, 0.15) is 23.0 Å². The molecule has 0 radical (unpaired) electrons. The molecule has 0 unspecified atom stereocenters. The highest BCUT2D eigenvalue weighted by atomic mass is 19.1. The smallest absolute Gasteiger partial charge is 0.263 e. The van der Waals surface area contributed by atoms with Crippen molar-refractivity contribution in [3.8, 4) is 0 Å². The van der Waals surface area contributed by atoms with E-state index in [1.54, 1.807) is 49.5 Å². The van der Waals surface area contributed by atoms with E-state index in [9.17, 15) is 4.39 Å². The Kier molecular flexibility index (Phi) is 4.94. The first-order valence-electron chi connectivity index (χ1n) is 7.63. The molecule has 0 saturated heterocycles. The van der Waals surface area contributed by atoms with E-state index < -0.39 is 0 Å². The van der Waals surface area contributed by atoms with Crippen molar-refractivity contribution in [1.29, 1.82) is 5.41 Å². The summed E-state index contributed by atoms with van der Waals surface area (Å²) >= 11 is 0. The van der Waals surface area contributed by atoms with E-state index >= 15 is 0 Å². The Morgan fingerprint density at radius 2 is 2.00 bits per heavy atom. The van der Waals surface area contributed by atoms with Crippen molar-refractivity contribution < 1.29 is 8.81 Å². The van der Waals surface area contributed by atoms with Gasteiger partial charge in [0.05, 0.1) is 11.4 Å². The van der Waals surface area contributed by atoms with Gasteiger partial charge < -0.3 is 9.73 Å². The third-order valence-corrected chi connectivity index (χ3v) is 3.41. The van der Waals surface area contributed by atoms with E-state index in [0.29, 0.717) is 22.8 Å². The van der Waals surface area contributed by atoms with Gasteiger partial charge in [0.25, 0.3) is 5.89 Å². The van der Waals surface area contributed by atoms with Crippen molar-refractivity contribution in [2.75, 3.05) is 0 Å². The Morgan fingerprint density at radius 1 is 1.20 bits per heavy atom. The first kappa shape index (κ1) is 16.5. The Labute approximate surface area is 144 Å². The largest absolute Gasteiger partial charge is 0.420 e. The molecule has 7 heteroatoms. The molecule has 3 rings (SSSR count). The zero-order valence-corrected chi connectivity index (χ0v) is 13.5. The second kappa shape index (κ2) is 7.48. The molecule has 2 heterocycles. The fourth-order valence-corrected chi connectivity index (χ4v) is 2.17. The van der Waals surface area contributed by atoms with E-state index in [-0.39, 0.29) is 24.0 Å². The lowest BCUT2D eigenvalue weighted by Crippen LogP contribution is -2.15. The molecule has 0 atom stereocenters. The lowest BCUT2D eigenvalue weighted by Gasteiger charge is -2.09. The Morgan fingerprint density at radius 3 is 2.68 bits per heavy atom. The van der Waals surface area contributed by atoms with E-state index in [1.165, 1.54) is 12.1 Å². The summed E-state index contributed by atoms with van der Waals surface area (Å²) < 4.78 is 19.2. The minimum atomic E-state index is -0.309. The van der Waals surface area contributed by atoms with Gasteiger partial charge in [-0.05, 0) is 24.3 Å². The monoisotopic (exact) mass is 337 g/mol. The maximum atomic E-state index is 13.8. The second-order valence-electron chi connectivity index (χ2n) is 5.26. The summed E-state index contributed by atoms with van der Waals surface area (Å²) in [6.45, 7) is 1.89. The molecule has 0 fully saturated rings. The number of allylic oxidation sites excluding steroid dienone is 1. The van der Waals surface area contributed by atoms with Crippen LogP contribution in [0.4, 0.5) is 4.39 Å². The van der Waals surface area contributed by atoms with Crippen LogP contribution in [0.5, 0.6) is 0 Å². The summed E-state index contributed by atoms with van der Waals surface area (Å²) in [6.07, 6.45) is 3.15. The summed E-state index contributed by atoms with van der Waals surface area (Å²) in [7, 11) is 0. The first-order chi connectivity index (χ1) is 12.1. The molecule has 25 heavy (non-hydrogen) atoms. The van der Waals surface area contributed by atoms with Crippen molar-refractivity contribution >= 4 is 11.4 Å². The van der Waals surface area contributed by atoms with Crippen LogP contribution in [0.3, 0.4) is 0 Å². The van der Waals surface area contributed by atoms with Gasteiger partial charge in [0.15, 0.2) is 0 Å². The molecule has 2 N–H and O–H groups in total. The number of rotatable bonds is 6. The number of nitrogens with one attached hydrogen (secondary N) is 2. The van der Waals surface area contributed by atoms with Gasteiger partial charge >= 0.3 is 0 Å². The molecule has 0 aliphatic rings. The number of aromatic nitrogens is 3. The van der Waals surface area contributed by atoms with Gasteiger partial charge in [0, 0.05) is 25.2 Å². The SMILES string of the molecule is Cc1nnc(/C(=C/C(=N)c2ccccn2)NCc2ccccc2F)o1. The Bertz CT molecular complexity index is 905. The number of benzene rings is 1. The maximum Gasteiger partial charge on any atom is 0.263 e. The standard InChI is InChI=1S/C18H16FN5O/c1-12-23-24-18(25-12)17(10-15(20)16-8-4-5-9-21-16)22-11-13-6-2-3-7-14(13)19/h2-10,20,22H,11H2,1H3/b17-10-,20-15?. The average Bonchev–Trinajstić information content (AvgIpc) is 3.06. The molecule has 6 nitrogen and oxygen atoms in total. The summed E-state index contributed by atoms with van der Waals surface area (Å²) in [5, 5.41) is 19.0. The third-order valence-electron chi connectivity index (χ3n) is 3.41. The van der Waals surface area contributed by atoms with Crippen molar-refractivity contribution in [2.24, 2.45) is 0 Å². The van der Waals surface area contributed by atoms with Gasteiger partial charge in [0.2, 0.25) is 5.89 Å². The number of hydrogen-bond acceptors (Lipinski definition) is 6. The number of pyridine rings is 1. The zero-order valence-electron chi connectivity index (χ0n) is 13.5. The normalized spacial score (nSPS) is 11.4. The van der Waals surface area contributed by atoms with E-state index in [0.717, 1.165) is 0 Å². The lowest BCUT2D eigenvalue weighted by molar-refractivity contribution is 0.500. The molecule has 126 valence electrons. The van der Waals surface area contributed by atoms with E-state index in [4.69, 9.17) is 9.83 Å². The fourth-order valence-electron chi connectivity index (χ4n) is 2.17. The van der Waals surface area contributed by atoms with Crippen molar-refractivity contribution in [1.82, 2.24) is 20.5 Å². The summed E-state index contributed by atoms with van der Waals surface area (Å²) in [4.78, 5) is 4.14. The van der Waals surface area contributed by atoms with Gasteiger partial charge in [-0.2, -0.15) is 0 Å². The quantitative estimate of drug-likeness (QED) is 0.675. The molecular formula is C18H16FN5O.